The molecule has 1 unspecified atom stereocenters. The molecule has 0 N–H and O–H groups in total. The highest BCUT2D eigenvalue weighted by Gasteiger charge is 2.33. The summed E-state index contributed by atoms with van der Waals surface area (Å²) >= 11 is 0. The van der Waals surface area contributed by atoms with E-state index in [0.717, 1.165) is 17.3 Å². The molecule has 0 aliphatic carbocycles. The summed E-state index contributed by atoms with van der Waals surface area (Å²) in [6.07, 6.45) is -0.570. The van der Waals surface area contributed by atoms with Crippen LogP contribution in [0.1, 0.15) is 25.0 Å². The Morgan fingerprint density at radius 1 is 1.11 bits per heavy atom. The van der Waals surface area contributed by atoms with Gasteiger partial charge in [-0.2, -0.15) is 4.79 Å². The van der Waals surface area contributed by atoms with E-state index in [1.165, 1.54) is 0 Å². The summed E-state index contributed by atoms with van der Waals surface area (Å²) in [5.74, 6) is -0.520. The van der Waals surface area contributed by atoms with Crippen molar-refractivity contribution in [3.05, 3.63) is 77.3 Å². The number of carbonyl (C=O) groups excluding carboxylic acids is 1. The highest BCUT2D eigenvalue weighted by atomic mass is 19.1. The normalized spacial score (nSPS) is 12.4. The number of rotatable bonds is 11. The molecule has 0 aliphatic heterocycles. The second kappa shape index (κ2) is 10.6. The zero-order chi connectivity index (χ0) is 20.4. The van der Waals surface area contributed by atoms with Gasteiger partial charge in [0.15, 0.2) is 0 Å². The highest BCUT2D eigenvalue weighted by Crippen LogP contribution is 2.21. The number of nitrogens with zero attached hydrogens (tertiary/aromatic N) is 3. The molecule has 0 saturated heterocycles. The molecule has 2 aromatic carbocycles. The maximum Gasteiger partial charge on any atom is 0.325 e. The lowest BCUT2D eigenvalue weighted by molar-refractivity contribution is -0.131. The third-order valence-corrected chi connectivity index (χ3v) is 4.46. The number of benzene rings is 2. The van der Waals surface area contributed by atoms with Crippen molar-refractivity contribution in [1.29, 1.82) is 0 Å². The molecular weight excluding hydrogens is 357 g/mol. The second-order valence-electron chi connectivity index (χ2n) is 7.21. The minimum absolute atomic E-state index is 0.152. The number of hydrogen-bond acceptors (Lipinski definition) is 3. The molecule has 0 aromatic heterocycles. The zero-order valence-corrected chi connectivity index (χ0v) is 16.3. The molecule has 0 amide bonds. The van der Waals surface area contributed by atoms with Crippen LogP contribution in [0.25, 0.3) is 5.53 Å². The highest BCUT2D eigenvalue weighted by molar-refractivity contribution is 6.25. The average Bonchev–Trinajstić information content (AvgIpc) is 2.68. The van der Waals surface area contributed by atoms with Gasteiger partial charge in [-0.15, -0.1) is 0 Å². The van der Waals surface area contributed by atoms with E-state index in [-0.39, 0.29) is 13.2 Å². The van der Waals surface area contributed by atoms with E-state index in [1.54, 1.807) is 13.8 Å². The summed E-state index contributed by atoms with van der Waals surface area (Å²) in [5, 5.41) is 0. The van der Waals surface area contributed by atoms with Crippen LogP contribution in [-0.4, -0.2) is 46.6 Å². The maximum atomic E-state index is 15.1. The molecule has 0 heterocycles. The first-order valence-electron chi connectivity index (χ1n) is 9.19. The minimum Gasteiger partial charge on any atom is -0.364 e. The number of Topliss-reactive ketones (excluding diaryl/α,β-unsaturated/α-hetero) is 1. The Balaban J connectivity index is 2.06. The third kappa shape index (κ3) is 7.16. The summed E-state index contributed by atoms with van der Waals surface area (Å²) in [4.78, 5) is 16.1. The molecule has 0 saturated carbocycles. The van der Waals surface area contributed by atoms with E-state index >= 15 is 4.39 Å². The van der Waals surface area contributed by atoms with Gasteiger partial charge in [0, 0.05) is 19.6 Å². The van der Waals surface area contributed by atoms with Gasteiger partial charge in [0.05, 0.1) is 5.60 Å². The van der Waals surface area contributed by atoms with Crippen LogP contribution in [0.3, 0.4) is 0 Å². The molecule has 0 spiro atoms. The first kappa shape index (κ1) is 21.6. The van der Waals surface area contributed by atoms with E-state index < -0.39 is 17.6 Å². The molecule has 0 aliphatic rings. The number of ether oxygens (including phenoxy) is 1. The first-order chi connectivity index (χ1) is 13.4. The van der Waals surface area contributed by atoms with Crippen LogP contribution in [0, 0.1) is 0 Å². The summed E-state index contributed by atoms with van der Waals surface area (Å²) in [6, 6.07) is 19.8. The van der Waals surface area contributed by atoms with Gasteiger partial charge in [-0.1, -0.05) is 60.7 Å². The molecule has 6 heteroatoms. The predicted octanol–water partition coefficient (Wildman–Crippen LogP) is 3.69. The van der Waals surface area contributed by atoms with E-state index in [1.807, 2.05) is 65.6 Å². The van der Waals surface area contributed by atoms with Gasteiger partial charge in [0.25, 0.3) is 5.78 Å². The monoisotopic (exact) mass is 383 g/mol. The Labute approximate surface area is 165 Å². The van der Waals surface area contributed by atoms with E-state index in [4.69, 9.17) is 10.3 Å². The zero-order valence-electron chi connectivity index (χ0n) is 16.3. The lowest BCUT2D eigenvalue weighted by Crippen LogP contribution is -2.44. The van der Waals surface area contributed by atoms with Gasteiger partial charge in [-0.3, -0.25) is 9.69 Å². The van der Waals surface area contributed by atoms with Gasteiger partial charge in [-0.05, 0) is 25.0 Å². The molecule has 0 bridgehead atoms. The van der Waals surface area contributed by atoms with Crippen LogP contribution in [0.15, 0.2) is 60.7 Å². The largest absolute Gasteiger partial charge is 0.364 e. The van der Waals surface area contributed by atoms with E-state index in [0.29, 0.717) is 13.1 Å². The number of ketones is 1. The van der Waals surface area contributed by atoms with Crippen LogP contribution >= 0.6 is 0 Å². The predicted molar refractivity (Wildman–Crippen MR) is 107 cm³/mol. The van der Waals surface area contributed by atoms with Crippen LogP contribution in [0.4, 0.5) is 4.39 Å². The molecule has 148 valence electrons. The van der Waals surface area contributed by atoms with Gasteiger partial charge < -0.3 is 10.3 Å². The fourth-order valence-electron chi connectivity index (χ4n) is 2.76. The van der Waals surface area contributed by atoms with Crippen molar-refractivity contribution in [3.63, 3.8) is 0 Å². The first-order valence-corrected chi connectivity index (χ1v) is 9.19. The van der Waals surface area contributed by atoms with E-state index in [2.05, 4.69) is 4.79 Å². The number of carbonyl (C=O) groups is 1. The molecule has 1 atom stereocenters. The molecule has 0 fully saturated rings. The van der Waals surface area contributed by atoms with Crippen LogP contribution in [0.5, 0.6) is 0 Å². The van der Waals surface area contributed by atoms with Crippen molar-refractivity contribution < 1.29 is 18.7 Å². The Kier molecular flexibility index (Phi) is 8.20. The average molecular weight is 383 g/mol. The van der Waals surface area contributed by atoms with Crippen LogP contribution < -0.4 is 0 Å². The Morgan fingerprint density at radius 3 is 2.07 bits per heavy atom. The van der Waals surface area contributed by atoms with E-state index in [9.17, 15) is 4.79 Å². The smallest absolute Gasteiger partial charge is 0.325 e. The van der Waals surface area contributed by atoms with Gasteiger partial charge >= 0.3 is 6.21 Å². The fourth-order valence-corrected chi connectivity index (χ4v) is 2.76. The Bertz CT molecular complexity index is 748. The molecular formula is C22H26FN3O2. The van der Waals surface area contributed by atoms with Crippen LogP contribution in [-0.2, 0) is 22.6 Å². The van der Waals surface area contributed by atoms with Crippen molar-refractivity contribution in [1.82, 2.24) is 4.90 Å². The Morgan fingerprint density at radius 2 is 1.61 bits per heavy atom. The summed E-state index contributed by atoms with van der Waals surface area (Å²) in [5.41, 5.74) is 9.42. The lowest BCUT2D eigenvalue weighted by atomic mass is 10.0. The van der Waals surface area contributed by atoms with Crippen LogP contribution in [0.2, 0.25) is 0 Å². The van der Waals surface area contributed by atoms with Gasteiger partial charge in [0.2, 0.25) is 0 Å². The molecule has 2 aromatic rings. The van der Waals surface area contributed by atoms with Crippen molar-refractivity contribution >= 4 is 12.0 Å². The molecule has 28 heavy (non-hydrogen) atoms. The van der Waals surface area contributed by atoms with Gasteiger partial charge in [-0.25, -0.2) is 4.39 Å². The lowest BCUT2D eigenvalue weighted by Gasteiger charge is -2.33. The van der Waals surface area contributed by atoms with Crippen molar-refractivity contribution in [2.24, 2.45) is 0 Å². The van der Waals surface area contributed by atoms with Crippen molar-refractivity contribution in [2.75, 3.05) is 13.2 Å². The Hall–Kier alpha value is -2.66. The fraction of sp³-hybridized carbons (Fsp3) is 0.364. The van der Waals surface area contributed by atoms with Crippen molar-refractivity contribution in [3.8, 4) is 0 Å². The summed E-state index contributed by atoms with van der Waals surface area (Å²) in [7, 11) is 0. The number of halogens is 1. The SMILES string of the molecule is CC(C)(OCC(=O)C=[N+]=[N-])C(F)CN(Cc1ccccc1)Cc1ccccc1. The summed E-state index contributed by atoms with van der Waals surface area (Å²) < 4.78 is 20.6. The van der Waals surface area contributed by atoms with Gasteiger partial charge in [0.1, 0.15) is 12.8 Å². The molecule has 2 rings (SSSR count). The number of alkyl halides is 1. The second-order valence-corrected chi connectivity index (χ2v) is 7.21. The summed E-state index contributed by atoms with van der Waals surface area (Å²) in [6.45, 7) is 4.24. The molecule has 0 radical (unpaired) electrons. The standard InChI is InChI=1S/C22H26FN3O2/c1-22(2,28-17-20(27)13-25-24)21(23)16-26(14-18-9-5-3-6-10-18)15-19-11-7-4-8-12-19/h3-13,21H,14-17H2,1-2H3. The third-order valence-electron chi connectivity index (χ3n) is 4.46. The minimum atomic E-state index is -1.32. The van der Waals surface area contributed by atoms with Crippen molar-refractivity contribution in [2.45, 2.75) is 38.7 Å². The quantitative estimate of drug-likeness (QED) is 0.338. The maximum absolute atomic E-state index is 15.1. The topological polar surface area (TPSA) is 65.9 Å². The molecule has 5 nitrogen and oxygen atoms in total. The number of hydrogen-bond donors (Lipinski definition) is 0.